The van der Waals surface area contributed by atoms with Crippen LogP contribution >= 0.6 is 0 Å². The molecule has 1 N–H and O–H groups in total. The molecule has 0 spiro atoms. The van der Waals surface area contributed by atoms with Crippen LogP contribution in [0.3, 0.4) is 0 Å². The zero-order chi connectivity index (χ0) is 30.9. The highest BCUT2D eigenvalue weighted by atomic mass is 16.6. The van der Waals surface area contributed by atoms with E-state index < -0.39 is 18.2 Å². The van der Waals surface area contributed by atoms with Crippen molar-refractivity contribution in [3.63, 3.8) is 0 Å². The number of cyclic esters (lactones) is 1. The van der Waals surface area contributed by atoms with E-state index in [1.54, 1.807) is 7.11 Å². The van der Waals surface area contributed by atoms with Crippen molar-refractivity contribution in [1.29, 1.82) is 0 Å². The Labute approximate surface area is 254 Å². The first-order valence-corrected chi connectivity index (χ1v) is 14.6. The number of carbonyl (C=O) groups is 2. The number of amides is 1. The number of rotatable bonds is 34. The van der Waals surface area contributed by atoms with Crippen LogP contribution in [-0.2, 0) is 66.4 Å². The highest BCUT2D eigenvalue weighted by Crippen LogP contribution is 2.00. The number of ether oxygens (including phenoxy) is 13. The summed E-state index contributed by atoms with van der Waals surface area (Å²) in [6, 6.07) is 0. The summed E-state index contributed by atoms with van der Waals surface area (Å²) >= 11 is 0. The van der Waals surface area contributed by atoms with E-state index in [0.29, 0.717) is 132 Å². The molecule has 1 rings (SSSR count). The van der Waals surface area contributed by atoms with Crippen LogP contribution in [0, 0.1) is 0 Å². The van der Waals surface area contributed by atoms with Gasteiger partial charge in [0.15, 0.2) is 6.10 Å². The third-order valence-corrected chi connectivity index (χ3v) is 5.18. The third kappa shape index (κ3) is 28.8. The van der Waals surface area contributed by atoms with E-state index in [1.165, 1.54) is 0 Å². The van der Waals surface area contributed by atoms with Crippen molar-refractivity contribution in [1.82, 2.24) is 5.32 Å². The zero-order valence-corrected chi connectivity index (χ0v) is 25.5. The van der Waals surface area contributed by atoms with Gasteiger partial charge >= 0.3 is 12.1 Å². The normalized spacial score (nSPS) is 14.6. The summed E-state index contributed by atoms with van der Waals surface area (Å²) in [7, 11) is 1.64. The first-order valence-electron chi connectivity index (χ1n) is 14.6. The van der Waals surface area contributed by atoms with Gasteiger partial charge in [0.2, 0.25) is 0 Å². The first-order chi connectivity index (χ1) is 21.2. The summed E-state index contributed by atoms with van der Waals surface area (Å²) in [6.45, 7) is 9.64. The average Bonchev–Trinajstić information content (AvgIpc) is 3.43. The van der Waals surface area contributed by atoms with E-state index in [1.807, 2.05) is 0 Å². The molecule has 1 atom stereocenters. The second-order valence-corrected chi connectivity index (χ2v) is 8.65. The number of hydrogen-bond acceptors (Lipinski definition) is 15. The fourth-order valence-electron chi connectivity index (χ4n) is 3.03. The summed E-state index contributed by atoms with van der Waals surface area (Å²) in [5, 5.41) is 2.47. The predicted octanol–water partition coefficient (Wildman–Crippen LogP) is -0.550. The van der Waals surface area contributed by atoms with Gasteiger partial charge in [-0.2, -0.15) is 0 Å². The molecule has 0 aliphatic carbocycles. The fraction of sp³-hybridized carbons (Fsp3) is 0.926. The van der Waals surface area contributed by atoms with E-state index in [0.717, 1.165) is 0 Å². The first kappa shape index (κ1) is 39.3. The maximum atomic E-state index is 11.5. The van der Waals surface area contributed by atoms with E-state index >= 15 is 0 Å². The van der Waals surface area contributed by atoms with Crippen molar-refractivity contribution in [2.75, 3.05) is 159 Å². The molecular weight excluding hydrogens is 578 g/mol. The maximum Gasteiger partial charge on any atom is 0.407 e. The molecule has 0 saturated carbocycles. The lowest BCUT2D eigenvalue weighted by molar-refractivity contribution is -0.151. The van der Waals surface area contributed by atoms with Crippen LogP contribution in [0.5, 0.6) is 0 Å². The smallest absolute Gasteiger partial charge is 0.407 e. The van der Waals surface area contributed by atoms with Crippen molar-refractivity contribution >= 4 is 12.1 Å². The standard InChI is InChI=1S/C27H51NO15/c1-31-2-3-32-4-5-33-6-7-34-8-9-35-10-11-36-12-13-37-14-15-38-16-17-39-18-19-40-20-21-41-24-26(29)42-23-25-22-28-27(30)43-25/h25H,2-24H2,1H3,(H,28,30)/t25-/m0/s1. The largest absolute Gasteiger partial charge is 0.460 e. The van der Waals surface area contributed by atoms with Crippen LogP contribution in [-0.4, -0.2) is 177 Å². The lowest BCUT2D eigenvalue weighted by atomic mass is 10.4. The van der Waals surface area contributed by atoms with Crippen molar-refractivity contribution in [3.8, 4) is 0 Å². The molecule has 1 aliphatic rings. The summed E-state index contributed by atoms with van der Waals surface area (Å²) in [5.74, 6) is -0.528. The number of carbonyl (C=O) groups excluding carboxylic acids is 2. The van der Waals surface area contributed by atoms with Gasteiger partial charge in [-0.1, -0.05) is 0 Å². The minimum absolute atomic E-state index is 0.00127. The lowest BCUT2D eigenvalue weighted by Crippen LogP contribution is -2.24. The van der Waals surface area contributed by atoms with Crippen LogP contribution in [0.15, 0.2) is 0 Å². The highest BCUT2D eigenvalue weighted by molar-refractivity contribution is 5.71. The Bertz CT molecular complexity index is 631. The zero-order valence-electron chi connectivity index (χ0n) is 25.5. The summed E-state index contributed by atoms with van der Waals surface area (Å²) < 4.78 is 68.5. The van der Waals surface area contributed by atoms with Gasteiger partial charge in [0.05, 0.1) is 139 Å². The quantitative estimate of drug-likeness (QED) is 0.0711. The van der Waals surface area contributed by atoms with Crippen molar-refractivity contribution in [2.24, 2.45) is 0 Å². The number of methoxy groups -OCH3 is 1. The van der Waals surface area contributed by atoms with Crippen LogP contribution in [0.1, 0.15) is 0 Å². The molecule has 1 heterocycles. The van der Waals surface area contributed by atoms with E-state index in [4.69, 9.17) is 61.6 Å². The molecule has 0 aromatic carbocycles. The Hall–Kier alpha value is -1.70. The van der Waals surface area contributed by atoms with Gasteiger partial charge in [0.1, 0.15) is 13.2 Å². The molecule has 0 radical (unpaired) electrons. The van der Waals surface area contributed by atoms with E-state index in [2.05, 4.69) is 5.32 Å². The molecule has 1 aliphatic heterocycles. The average molecular weight is 630 g/mol. The minimum Gasteiger partial charge on any atom is -0.460 e. The van der Waals surface area contributed by atoms with Crippen LogP contribution in [0.25, 0.3) is 0 Å². The Morgan fingerprint density at radius 3 is 1.21 bits per heavy atom. The molecule has 16 heteroatoms. The van der Waals surface area contributed by atoms with Crippen molar-refractivity contribution < 1.29 is 71.2 Å². The number of alkyl carbamates (subject to hydrolysis) is 1. The fourth-order valence-corrected chi connectivity index (χ4v) is 3.03. The summed E-state index contributed by atoms with van der Waals surface area (Å²) in [6.07, 6.45) is -0.972. The lowest BCUT2D eigenvalue weighted by Gasteiger charge is -2.09. The van der Waals surface area contributed by atoms with E-state index in [9.17, 15) is 9.59 Å². The Kier molecular flexibility index (Phi) is 29.0. The molecule has 1 saturated heterocycles. The second kappa shape index (κ2) is 31.7. The SMILES string of the molecule is COCCOCCOCCOCCOCCOCCOCCOCCOCCOCCOCC(=O)OC[C@@H]1CNC(=O)O1. The van der Waals surface area contributed by atoms with Crippen LogP contribution in [0.2, 0.25) is 0 Å². The number of hydrogen-bond donors (Lipinski definition) is 1. The molecule has 254 valence electrons. The third-order valence-electron chi connectivity index (χ3n) is 5.18. The van der Waals surface area contributed by atoms with E-state index in [-0.39, 0.29) is 19.8 Å². The summed E-state index contributed by atoms with van der Waals surface area (Å²) in [5.41, 5.74) is 0. The molecule has 43 heavy (non-hydrogen) atoms. The van der Waals surface area contributed by atoms with Gasteiger partial charge in [-0.25, -0.2) is 9.59 Å². The molecule has 0 unspecified atom stereocenters. The van der Waals surface area contributed by atoms with Gasteiger partial charge in [0.25, 0.3) is 0 Å². The molecule has 1 amide bonds. The topological polar surface area (TPSA) is 166 Å². The number of esters is 1. The Morgan fingerprint density at radius 2 is 0.907 bits per heavy atom. The Morgan fingerprint density at radius 1 is 0.581 bits per heavy atom. The highest BCUT2D eigenvalue weighted by Gasteiger charge is 2.23. The molecule has 16 nitrogen and oxygen atoms in total. The second-order valence-electron chi connectivity index (χ2n) is 8.65. The minimum atomic E-state index is -0.528. The van der Waals surface area contributed by atoms with Gasteiger partial charge in [-0.05, 0) is 0 Å². The van der Waals surface area contributed by atoms with Gasteiger partial charge in [-0.3, -0.25) is 0 Å². The van der Waals surface area contributed by atoms with Gasteiger partial charge < -0.3 is 66.9 Å². The van der Waals surface area contributed by atoms with Gasteiger partial charge in [0, 0.05) is 7.11 Å². The maximum absolute atomic E-state index is 11.5. The van der Waals surface area contributed by atoms with Crippen LogP contribution in [0.4, 0.5) is 4.79 Å². The number of nitrogens with one attached hydrogen (secondary N) is 1. The molecule has 0 bridgehead atoms. The molecule has 1 fully saturated rings. The van der Waals surface area contributed by atoms with Crippen molar-refractivity contribution in [2.45, 2.75) is 6.10 Å². The Balaban J connectivity index is 1.64. The predicted molar refractivity (Wildman–Crippen MR) is 149 cm³/mol. The molecule has 0 aromatic heterocycles. The van der Waals surface area contributed by atoms with Crippen molar-refractivity contribution in [3.05, 3.63) is 0 Å². The monoisotopic (exact) mass is 629 g/mol. The summed E-state index contributed by atoms with van der Waals surface area (Å²) in [4.78, 5) is 22.4. The molecule has 0 aromatic rings. The van der Waals surface area contributed by atoms with Crippen LogP contribution < -0.4 is 5.32 Å². The molecular formula is C27H51NO15. The van der Waals surface area contributed by atoms with Gasteiger partial charge in [-0.15, -0.1) is 0 Å².